The molecule has 1 saturated heterocycles. The number of carbonyl (C=O) groups is 1. The minimum absolute atomic E-state index is 0.162. The molecule has 2 rings (SSSR count). The molecule has 92 valence electrons. The molecule has 4 heteroatoms. The fourth-order valence-corrected chi connectivity index (χ4v) is 2.10. The topological polar surface area (TPSA) is 54.0 Å². The maximum absolute atomic E-state index is 11.6. The van der Waals surface area contributed by atoms with E-state index in [1.54, 1.807) is 6.20 Å². The minimum atomic E-state index is 0.162. The van der Waals surface area contributed by atoms with E-state index in [9.17, 15) is 4.79 Å². The van der Waals surface area contributed by atoms with Crippen LogP contribution in [0.2, 0.25) is 0 Å². The Bertz CT molecular complexity index is 347. The Kier molecular flexibility index (Phi) is 4.50. The van der Waals surface area contributed by atoms with Crippen molar-refractivity contribution in [2.24, 2.45) is 5.92 Å². The smallest absolute Gasteiger partial charge is 0.220 e. The maximum atomic E-state index is 11.6. The molecule has 1 amide bonds. The van der Waals surface area contributed by atoms with Gasteiger partial charge >= 0.3 is 0 Å². The van der Waals surface area contributed by atoms with Crippen molar-refractivity contribution in [2.45, 2.75) is 19.3 Å². The van der Waals surface area contributed by atoms with Gasteiger partial charge in [-0.05, 0) is 37.6 Å². The lowest BCUT2D eigenvalue weighted by molar-refractivity contribution is -0.121. The zero-order valence-electron chi connectivity index (χ0n) is 9.98. The minimum Gasteiger partial charge on any atom is -0.356 e. The van der Waals surface area contributed by atoms with E-state index in [-0.39, 0.29) is 5.91 Å². The zero-order chi connectivity index (χ0) is 11.9. The molecule has 2 heterocycles. The third kappa shape index (κ3) is 4.15. The summed E-state index contributed by atoms with van der Waals surface area (Å²) in [5, 5.41) is 6.22. The van der Waals surface area contributed by atoms with E-state index in [0.29, 0.717) is 18.9 Å². The Morgan fingerprint density at radius 1 is 1.53 bits per heavy atom. The third-order valence-electron chi connectivity index (χ3n) is 3.07. The number of pyridine rings is 1. The zero-order valence-corrected chi connectivity index (χ0v) is 9.98. The van der Waals surface area contributed by atoms with E-state index in [4.69, 9.17) is 0 Å². The van der Waals surface area contributed by atoms with Gasteiger partial charge in [0.25, 0.3) is 0 Å². The number of aromatic nitrogens is 1. The van der Waals surface area contributed by atoms with Gasteiger partial charge in [0.05, 0.1) is 0 Å². The summed E-state index contributed by atoms with van der Waals surface area (Å²) in [6, 6.07) is 5.84. The Morgan fingerprint density at radius 2 is 2.47 bits per heavy atom. The summed E-state index contributed by atoms with van der Waals surface area (Å²) < 4.78 is 0. The quantitative estimate of drug-likeness (QED) is 0.788. The molecule has 1 aromatic rings. The van der Waals surface area contributed by atoms with Crippen LogP contribution in [0.3, 0.4) is 0 Å². The summed E-state index contributed by atoms with van der Waals surface area (Å²) in [5.41, 5.74) is 1.02. The highest BCUT2D eigenvalue weighted by Gasteiger charge is 2.17. The molecule has 1 atom stereocenters. The molecule has 1 aliphatic heterocycles. The fourth-order valence-electron chi connectivity index (χ4n) is 2.10. The van der Waals surface area contributed by atoms with Gasteiger partial charge in [0.2, 0.25) is 5.91 Å². The van der Waals surface area contributed by atoms with Crippen molar-refractivity contribution >= 4 is 5.91 Å². The van der Waals surface area contributed by atoms with Crippen molar-refractivity contribution in [3.05, 3.63) is 30.1 Å². The van der Waals surface area contributed by atoms with Crippen LogP contribution >= 0.6 is 0 Å². The Labute approximate surface area is 102 Å². The van der Waals surface area contributed by atoms with E-state index in [1.165, 1.54) is 0 Å². The van der Waals surface area contributed by atoms with Crippen LogP contribution in [-0.4, -0.2) is 30.5 Å². The lowest BCUT2D eigenvalue weighted by Crippen LogP contribution is -2.28. The van der Waals surface area contributed by atoms with Crippen molar-refractivity contribution in [1.29, 1.82) is 0 Å². The molecule has 4 nitrogen and oxygen atoms in total. The molecular formula is C13H19N3O. The molecule has 1 unspecified atom stereocenters. The van der Waals surface area contributed by atoms with Crippen LogP contribution in [0.5, 0.6) is 0 Å². The van der Waals surface area contributed by atoms with Gasteiger partial charge in [-0.2, -0.15) is 0 Å². The third-order valence-corrected chi connectivity index (χ3v) is 3.07. The van der Waals surface area contributed by atoms with Gasteiger partial charge in [0, 0.05) is 31.3 Å². The molecule has 0 aromatic carbocycles. The first kappa shape index (κ1) is 12.0. The van der Waals surface area contributed by atoms with Crippen molar-refractivity contribution in [2.75, 3.05) is 19.6 Å². The van der Waals surface area contributed by atoms with Crippen molar-refractivity contribution < 1.29 is 4.79 Å². The predicted octanol–water partition coefficient (Wildman–Crippen LogP) is 0.740. The molecule has 0 bridgehead atoms. The first-order valence-corrected chi connectivity index (χ1v) is 6.22. The summed E-state index contributed by atoms with van der Waals surface area (Å²) in [6.45, 7) is 2.70. The second-order valence-electron chi connectivity index (χ2n) is 4.48. The summed E-state index contributed by atoms with van der Waals surface area (Å²) >= 11 is 0. The Morgan fingerprint density at radius 3 is 3.18 bits per heavy atom. The average molecular weight is 233 g/mol. The molecule has 0 spiro atoms. The van der Waals surface area contributed by atoms with Gasteiger partial charge in [-0.1, -0.05) is 6.07 Å². The van der Waals surface area contributed by atoms with E-state index in [2.05, 4.69) is 15.6 Å². The highest BCUT2D eigenvalue weighted by atomic mass is 16.1. The maximum Gasteiger partial charge on any atom is 0.220 e. The number of carbonyl (C=O) groups excluding carboxylic acids is 1. The molecular weight excluding hydrogens is 214 g/mol. The van der Waals surface area contributed by atoms with Gasteiger partial charge < -0.3 is 10.6 Å². The summed E-state index contributed by atoms with van der Waals surface area (Å²) in [4.78, 5) is 15.8. The highest BCUT2D eigenvalue weighted by Crippen LogP contribution is 2.11. The second kappa shape index (κ2) is 6.35. The molecule has 1 aromatic heterocycles. The number of rotatable bonds is 5. The Balaban J connectivity index is 1.63. The highest BCUT2D eigenvalue weighted by molar-refractivity contribution is 5.76. The normalized spacial score (nSPS) is 19.2. The number of nitrogens with one attached hydrogen (secondary N) is 2. The van der Waals surface area contributed by atoms with Crippen molar-refractivity contribution in [3.63, 3.8) is 0 Å². The van der Waals surface area contributed by atoms with Crippen LogP contribution in [0.25, 0.3) is 0 Å². The van der Waals surface area contributed by atoms with Gasteiger partial charge in [-0.3, -0.25) is 9.78 Å². The molecule has 1 aliphatic rings. The number of amides is 1. The van der Waals surface area contributed by atoms with E-state index < -0.39 is 0 Å². The van der Waals surface area contributed by atoms with Crippen LogP contribution in [0.15, 0.2) is 24.4 Å². The molecule has 0 aliphatic carbocycles. The first-order valence-electron chi connectivity index (χ1n) is 6.22. The average Bonchev–Trinajstić information content (AvgIpc) is 2.83. The van der Waals surface area contributed by atoms with Gasteiger partial charge in [-0.25, -0.2) is 0 Å². The second-order valence-corrected chi connectivity index (χ2v) is 4.48. The Hall–Kier alpha value is -1.42. The first-order chi connectivity index (χ1) is 8.34. The summed E-state index contributed by atoms with van der Waals surface area (Å²) in [6.07, 6.45) is 4.35. The lowest BCUT2D eigenvalue weighted by Gasteiger charge is -2.08. The summed E-state index contributed by atoms with van der Waals surface area (Å²) in [5.74, 6) is 0.680. The molecule has 0 saturated carbocycles. The monoisotopic (exact) mass is 233 g/mol. The standard InChI is InChI=1S/C13H19N3O/c17-13(9-11-4-7-14-10-11)16-8-5-12-3-1-2-6-15-12/h1-3,6,11,14H,4-5,7-10H2,(H,16,17). The molecule has 2 N–H and O–H groups in total. The van der Waals surface area contributed by atoms with Gasteiger partial charge in [0.15, 0.2) is 0 Å². The largest absolute Gasteiger partial charge is 0.356 e. The predicted molar refractivity (Wildman–Crippen MR) is 66.5 cm³/mol. The fraction of sp³-hybridized carbons (Fsp3) is 0.538. The lowest BCUT2D eigenvalue weighted by atomic mass is 10.0. The van der Waals surface area contributed by atoms with Crippen LogP contribution in [0, 0.1) is 5.92 Å². The van der Waals surface area contributed by atoms with E-state index in [0.717, 1.165) is 31.6 Å². The van der Waals surface area contributed by atoms with Gasteiger partial charge in [-0.15, -0.1) is 0 Å². The van der Waals surface area contributed by atoms with Crippen LogP contribution in [0.1, 0.15) is 18.5 Å². The summed E-state index contributed by atoms with van der Waals surface area (Å²) in [7, 11) is 0. The van der Waals surface area contributed by atoms with E-state index >= 15 is 0 Å². The molecule has 0 radical (unpaired) electrons. The molecule has 1 fully saturated rings. The number of hydrogen-bond donors (Lipinski definition) is 2. The molecule has 17 heavy (non-hydrogen) atoms. The van der Waals surface area contributed by atoms with Gasteiger partial charge in [0.1, 0.15) is 0 Å². The van der Waals surface area contributed by atoms with Crippen LogP contribution < -0.4 is 10.6 Å². The van der Waals surface area contributed by atoms with Crippen LogP contribution in [0.4, 0.5) is 0 Å². The van der Waals surface area contributed by atoms with Crippen molar-refractivity contribution in [3.8, 4) is 0 Å². The van der Waals surface area contributed by atoms with Crippen molar-refractivity contribution in [1.82, 2.24) is 15.6 Å². The number of nitrogens with zero attached hydrogens (tertiary/aromatic N) is 1. The number of hydrogen-bond acceptors (Lipinski definition) is 3. The SMILES string of the molecule is O=C(CC1CCNC1)NCCc1ccccn1. The van der Waals surface area contributed by atoms with E-state index in [1.807, 2.05) is 18.2 Å². The van der Waals surface area contributed by atoms with Crippen LogP contribution in [-0.2, 0) is 11.2 Å².